The number of nitrogens with one attached hydrogen (secondary N) is 1. The Balaban J connectivity index is 1.58. The predicted molar refractivity (Wildman–Crippen MR) is 104 cm³/mol. The lowest BCUT2D eigenvalue weighted by Crippen LogP contribution is -2.27. The minimum absolute atomic E-state index is 0.0501. The topological polar surface area (TPSA) is 38.3 Å². The molecule has 2 aromatic rings. The molecule has 0 aliphatic heterocycles. The van der Waals surface area contributed by atoms with Crippen molar-refractivity contribution in [1.29, 1.82) is 0 Å². The average Bonchev–Trinajstić information content (AvgIpc) is 2.61. The molecule has 0 spiro atoms. The third-order valence-electron chi connectivity index (χ3n) is 3.21. The Bertz CT molecular complexity index is 650. The maximum Gasteiger partial charge on any atom is 0.230 e. The normalized spacial score (nSPS) is 10.4. The Hall–Kier alpha value is -1.30. The highest BCUT2D eigenvalue weighted by molar-refractivity contribution is 8.00. The van der Waals surface area contributed by atoms with Crippen molar-refractivity contribution >= 4 is 41.0 Å². The quantitative estimate of drug-likeness (QED) is 0.513. The molecule has 0 radical (unpaired) electrons. The van der Waals surface area contributed by atoms with Crippen LogP contribution in [0.4, 0.5) is 0 Å². The van der Waals surface area contributed by atoms with Crippen LogP contribution in [0.2, 0.25) is 5.02 Å². The first-order valence-electron chi connectivity index (χ1n) is 7.54. The lowest BCUT2D eigenvalue weighted by molar-refractivity contribution is -0.118. The first-order valence-corrected chi connectivity index (χ1v) is 10.1. The second-order valence-electron chi connectivity index (χ2n) is 4.96. The number of benzene rings is 2. The van der Waals surface area contributed by atoms with E-state index < -0.39 is 0 Å². The standard InChI is InChI=1S/C18H20ClNO2S2/c1-22-15-6-8-16(9-7-15)24-13-18(21)20-10-11-23-12-14-4-2-3-5-17(14)19/h2-9H,10-13H2,1H3,(H,20,21). The molecular formula is C18H20ClNO2S2. The van der Waals surface area contributed by atoms with E-state index in [4.69, 9.17) is 16.3 Å². The summed E-state index contributed by atoms with van der Waals surface area (Å²) >= 11 is 9.39. The Labute approximate surface area is 156 Å². The molecule has 2 aromatic carbocycles. The molecule has 0 atom stereocenters. The highest BCUT2D eigenvalue weighted by Crippen LogP contribution is 2.21. The van der Waals surface area contributed by atoms with E-state index in [1.165, 1.54) is 11.8 Å². The van der Waals surface area contributed by atoms with Crippen LogP contribution in [0, 0.1) is 0 Å². The molecule has 0 saturated heterocycles. The summed E-state index contributed by atoms with van der Waals surface area (Å²) in [6.07, 6.45) is 0. The molecule has 0 heterocycles. The van der Waals surface area contributed by atoms with Crippen molar-refractivity contribution in [2.75, 3.05) is 25.2 Å². The van der Waals surface area contributed by atoms with Gasteiger partial charge in [-0.05, 0) is 35.9 Å². The lowest BCUT2D eigenvalue weighted by Gasteiger charge is -2.07. The Morgan fingerprint density at radius 2 is 1.92 bits per heavy atom. The first-order chi connectivity index (χ1) is 11.7. The summed E-state index contributed by atoms with van der Waals surface area (Å²) in [5.74, 6) is 3.01. The van der Waals surface area contributed by atoms with Gasteiger partial charge in [-0.15, -0.1) is 11.8 Å². The van der Waals surface area contributed by atoms with Crippen LogP contribution >= 0.6 is 35.1 Å². The minimum Gasteiger partial charge on any atom is -0.497 e. The summed E-state index contributed by atoms with van der Waals surface area (Å²) in [5.41, 5.74) is 1.13. The van der Waals surface area contributed by atoms with Crippen molar-refractivity contribution in [3.63, 3.8) is 0 Å². The molecule has 3 nitrogen and oxygen atoms in total. The Morgan fingerprint density at radius 1 is 1.17 bits per heavy atom. The van der Waals surface area contributed by atoms with Crippen molar-refractivity contribution in [2.24, 2.45) is 0 Å². The highest BCUT2D eigenvalue weighted by Gasteiger charge is 2.03. The summed E-state index contributed by atoms with van der Waals surface area (Å²) in [6.45, 7) is 0.664. The number of methoxy groups -OCH3 is 1. The van der Waals surface area contributed by atoms with Gasteiger partial charge in [0.2, 0.25) is 5.91 Å². The van der Waals surface area contributed by atoms with E-state index in [-0.39, 0.29) is 5.91 Å². The van der Waals surface area contributed by atoms with Crippen LogP contribution in [0.25, 0.3) is 0 Å². The number of carbonyl (C=O) groups excluding carboxylic acids is 1. The zero-order valence-electron chi connectivity index (χ0n) is 13.5. The molecule has 0 aliphatic rings. The minimum atomic E-state index is 0.0501. The Kier molecular flexibility index (Phi) is 8.36. The molecule has 2 rings (SSSR count). The van der Waals surface area contributed by atoms with Crippen LogP contribution in [0.1, 0.15) is 5.56 Å². The number of carbonyl (C=O) groups is 1. The fraction of sp³-hybridized carbons (Fsp3) is 0.278. The summed E-state index contributed by atoms with van der Waals surface area (Å²) in [7, 11) is 1.64. The van der Waals surface area contributed by atoms with Gasteiger partial charge in [-0.1, -0.05) is 29.8 Å². The van der Waals surface area contributed by atoms with Gasteiger partial charge in [-0.3, -0.25) is 4.79 Å². The molecule has 1 amide bonds. The van der Waals surface area contributed by atoms with E-state index in [0.29, 0.717) is 12.3 Å². The van der Waals surface area contributed by atoms with Gasteiger partial charge < -0.3 is 10.1 Å². The second kappa shape index (κ2) is 10.5. The van der Waals surface area contributed by atoms with E-state index in [1.54, 1.807) is 18.9 Å². The van der Waals surface area contributed by atoms with Gasteiger partial charge in [-0.2, -0.15) is 11.8 Å². The largest absolute Gasteiger partial charge is 0.497 e. The number of hydrogen-bond acceptors (Lipinski definition) is 4. The summed E-state index contributed by atoms with van der Waals surface area (Å²) < 4.78 is 5.11. The molecule has 0 unspecified atom stereocenters. The third-order valence-corrected chi connectivity index (χ3v) is 5.60. The highest BCUT2D eigenvalue weighted by atomic mass is 35.5. The molecule has 0 saturated carbocycles. The number of ether oxygens (including phenoxy) is 1. The first kappa shape index (κ1) is 19.0. The molecular weight excluding hydrogens is 362 g/mol. The van der Waals surface area contributed by atoms with Crippen molar-refractivity contribution in [3.05, 3.63) is 59.1 Å². The molecule has 0 fully saturated rings. The smallest absolute Gasteiger partial charge is 0.230 e. The van der Waals surface area contributed by atoms with Crippen LogP contribution in [-0.4, -0.2) is 31.1 Å². The van der Waals surface area contributed by atoms with E-state index in [1.807, 2.05) is 48.5 Å². The number of rotatable bonds is 9. The van der Waals surface area contributed by atoms with E-state index >= 15 is 0 Å². The molecule has 128 valence electrons. The van der Waals surface area contributed by atoms with Crippen LogP contribution in [0.15, 0.2) is 53.4 Å². The van der Waals surface area contributed by atoms with Crippen molar-refractivity contribution in [3.8, 4) is 5.75 Å². The number of hydrogen-bond donors (Lipinski definition) is 1. The van der Waals surface area contributed by atoms with Crippen molar-refractivity contribution < 1.29 is 9.53 Å². The fourth-order valence-corrected chi connectivity index (χ4v) is 3.80. The van der Waals surface area contributed by atoms with Crippen molar-refractivity contribution in [1.82, 2.24) is 5.32 Å². The van der Waals surface area contributed by atoms with Gasteiger partial charge in [0, 0.05) is 28.0 Å². The van der Waals surface area contributed by atoms with E-state index in [9.17, 15) is 4.79 Å². The monoisotopic (exact) mass is 381 g/mol. The zero-order valence-corrected chi connectivity index (χ0v) is 15.8. The van der Waals surface area contributed by atoms with Crippen LogP contribution in [0.5, 0.6) is 5.75 Å². The maximum absolute atomic E-state index is 11.8. The van der Waals surface area contributed by atoms with Gasteiger partial charge in [0.05, 0.1) is 12.9 Å². The molecule has 6 heteroatoms. The van der Waals surface area contributed by atoms with Gasteiger partial charge in [-0.25, -0.2) is 0 Å². The van der Waals surface area contributed by atoms with Crippen molar-refractivity contribution in [2.45, 2.75) is 10.6 Å². The molecule has 1 N–H and O–H groups in total. The van der Waals surface area contributed by atoms with Gasteiger partial charge in [0.25, 0.3) is 0 Å². The molecule has 0 aliphatic carbocycles. The van der Waals surface area contributed by atoms with Crippen LogP contribution in [-0.2, 0) is 10.5 Å². The number of thioether (sulfide) groups is 2. The average molecular weight is 382 g/mol. The van der Waals surface area contributed by atoms with E-state index in [0.717, 1.165) is 32.7 Å². The second-order valence-corrected chi connectivity index (χ2v) is 7.52. The Morgan fingerprint density at radius 3 is 2.62 bits per heavy atom. The van der Waals surface area contributed by atoms with E-state index in [2.05, 4.69) is 5.32 Å². The van der Waals surface area contributed by atoms with Crippen LogP contribution in [0.3, 0.4) is 0 Å². The number of halogens is 1. The van der Waals surface area contributed by atoms with Gasteiger partial charge in [0.15, 0.2) is 0 Å². The molecule has 0 bridgehead atoms. The predicted octanol–water partition coefficient (Wildman–Crippen LogP) is 4.49. The molecule has 24 heavy (non-hydrogen) atoms. The summed E-state index contributed by atoms with van der Waals surface area (Å²) in [6, 6.07) is 15.5. The summed E-state index contributed by atoms with van der Waals surface area (Å²) in [4.78, 5) is 12.9. The third kappa shape index (κ3) is 6.67. The summed E-state index contributed by atoms with van der Waals surface area (Å²) in [5, 5.41) is 3.73. The maximum atomic E-state index is 11.8. The van der Waals surface area contributed by atoms with Crippen LogP contribution < -0.4 is 10.1 Å². The van der Waals surface area contributed by atoms with Gasteiger partial charge >= 0.3 is 0 Å². The lowest BCUT2D eigenvalue weighted by atomic mass is 10.2. The zero-order chi connectivity index (χ0) is 17.2. The number of amides is 1. The SMILES string of the molecule is COc1ccc(SCC(=O)NCCSCc2ccccc2Cl)cc1. The van der Waals surface area contributed by atoms with Gasteiger partial charge in [0.1, 0.15) is 5.75 Å². The fourth-order valence-electron chi connectivity index (χ4n) is 1.93. The molecule has 0 aromatic heterocycles.